The second-order valence-electron chi connectivity index (χ2n) is 22.8. The van der Waals surface area contributed by atoms with Crippen molar-refractivity contribution in [3.8, 4) is 5.75 Å². The van der Waals surface area contributed by atoms with Gasteiger partial charge in [-0.2, -0.15) is 50.5 Å². The third-order valence-electron chi connectivity index (χ3n) is 14.3. The van der Waals surface area contributed by atoms with Crippen LogP contribution in [-0.2, 0) is 78.3 Å². The van der Waals surface area contributed by atoms with E-state index in [0.29, 0.717) is 5.56 Å². The van der Waals surface area contributed by atoms with Crippen LogP contribution in [0.3, 0.4) is 0 Å². The topological polar surface area (TPSA) is 545 Å². The monoisotopic (exact) mass is 1420 g/mol. The molecule has 0 aliphatic rings. The van der Waals surface area contributed by atoms with Crippen molar-refractivity contribution in [2.45, 2.75) is 185 Å². The molecule has 1 aromatic rings. The number of carboxylic acids is 1. The van der Waals surface area contributed by atoms with Crippen LogP contribution >= 0.6 is 50.5 Å². The van der Waals surface area contributed by atoms with Crippen LogP contribution in [0.1, 0.15) is 93.6 Å². The van der Waals surface area contributed by atoms with Gasteiger partial charge in [0.25, 0.3) is 0 Å². The van der Waals surface area contributed by atoms with Gasteiger partial charge in [-0.15, -0.1) is 0 Å². The zero-order valence-electron chi connectivity index (χ0n) is 54.1. The molecule has 14 amide bonds. The quantitative estimate of drug-likeness (QED) is 0.0271. The summed E-state index contributed by atoms with van der Waals surface area (Å²) in [6.45, 7) is 12.2. The van der Waals surface area contributed by atoms with Crippen molar-refractivity contribution >= 4 is 139 Å². The van der Waals surface area contributed by atoms with Crippen LogP contribution in [0.15, 0.2) is 24.3 Å². The molecule has 0 saturated carbocycles. The Morgan fingerprint density at radius 1 is 0.453 bits per heavy atom. The van der Waals surface area contributed by atoms with Crippen LogP contribution in [0.2, 0.25) is 0 Å². The number of benzene rings is 1. The number of thiol groups is 4. The number of aliphatic carboxylic acids is 1. The third kappa shape index (κ3) is 30.3. The summed E-state index contributed by atoms with van der Waals surface area (Å²) in [4.78, 5) is 197. The standard InChI is InChI=1S/C57H93N15O19S4/c1-10-25(4)43(71-49(83)33(15-16-41(77)78)65-53(87)38(22-94)69-55(89)42(58)29(8)73)57(91)70-37(21-93)51(85)63-28(7)47(81)67-35(18-31-11-13-32(75)14-12-31)50(84)62-26(5)46(80)61-27(6)48(82)68-39(23-95)54(88)72-44(30(9)74)56(90)60-19-40(76)64-36(20-92)52(86)66-34(45(59)79)17-24(2)3/h11-14,24-30,33-39,42-44,73-75,92-95H,10,15-23,58H2,1-9H3,(H2,59,79)(H,60,90)(H,61,80)(H,62,84)(H,63,85)(H,64,76)(H,65,87)(H,66,86)(H,67,81)(H,68,82)(H,69,89)(H,70,91)(H,71,83)(H,72,88)(H,77,78)/t25-,26-,27-,28-,29+,30+,33-,34-,35-,36-,37-,38-,39-,42-,43-,44-/m0/s1. The van der Waals surface area contributed by atoms with Crippen LogP contribution < -0.4 is 80.6 Å². The van der Waals surface area contributed by atoms with E-state index in [1.54, 1.807) is 27.7 Å². The van der Waals surface area contributed by atoms with Gasteiger partial charge in [0.05, 0.1) is 18.8 Å². The highest BCUT2D eigenvalue weighted by Crippen LogP contribution is 2.14. The average molecular weight is 1420 g/mol. The Bertz CT molecular complexity index is 2850. The van der Waals surface area contributed by atoms with E-state index in [1.807, 2.05) is 0 Å². The van der Waals surface area contributed by atoms with E-state index in [9.17, 15) is 92.3 Å². The maximum absolute atomic E-state index is 13.9. The number of nitrogens with one attached hydrogen (secondary N) is 13. The Morgan fingerprint density at radius 2 is 0.832 bits per heavy atom. The number of aliphatic hydroxyl groups excluding tert-OH is 2. The summed E-state index contributed by atoms with van der Waals surface area (Å²) < 4.78 is 0. The van der Waals surface area contributed by atoms with Gasteiger partial charge in [0.2, 0.25) is 82.7 Å². The number of phenols is 1. The second-order valence-corrected chi connectivity index (χ2v) is 24.3. The molecule has 0 aliphatic heterocycles. The van der Waals surface area contributed by atoms with E-state index in [1.165, 1.54) is 52.0 Å². The lowest BCUT2D eigenvalue weighted by molar-refractivity contribution is -0.139. The minimum absolute atomic E-state index is 0.0176. The number of aromatic hydroxyl groups is 1. The molecule has 34 nitrogen and oxygen atoms in total. The first-order valence-corrected chi connectivity index (χ1v) is 32.6. The van der Waals surface area contributed by atoms with E-state index in [4.69, 9.17) is 11.5 Å². The summed E-state index contributed by atoms with van der Waals surface area (Å²) in [6, 6.07) is -13.2. The number of hydrogen-bond acceptors (Lipinski definition) is 23. The molecular formula is C57H93N15O19S4. The van der Waals surface area contributed by atoms with Crippen molar-refractivity contribution in [3.05, 3.63) is 29.8 Å². The first kappa shape index (κ1) is 85.4. The fourth-order valence-corrected chi connectivity index (χ4v) is 9.32. The summed E-state index contributed by atoms with van der Waals surface area (Å²) in [5.41, 5.74) is 11.5. The molecule has 0 saturated heterocycles. The van der Waals surface area contributed by atoms with E-state index in [2.05, 4.69) is 120 Å². The molecule has 38 heteroatoms. The molecule has 21 N–H and O–H groups in total. The Balaban J connectivity index is 3.16. The van der Waals surface area contributed by atoms with E-state index in [-0.39, 0.29) is 53.9 Å². The second kappa shape index (κ2) is 42.7. The molecule has 0 heterocycles. The highest BCUT2D eigenvalue weighted by atomic mass is 32.1. The molecule has 0 aromatic heterocycles. The molecule has 0 aliphatic carbocycles. The molecule has 0 fully saturated rings. The molecule has 0 unspecified atom stereocenters. The summed E-state index contributed by atoms with van der Waals surface area (Å²) in [6.07, 6.45) is -3.77. The number of rotatable bonds is 42. The zero-order chi connectivity index (χ0) is 72.7. The fraction of sp³-hybridized carbons (Fsp3) is 0.632. The van der Waals surface area contributed by atoms with Crippen molar-refractivity contribution < 1.29 is 92.3 Å². The van der Waals surface area contributed by atoms with Crippen LogP contribution in [0.25, 0.3) is 0 Å². The number of carboxylic acid groups (broad SMARTS) is 1. The molecule has 95 heavy (non-hydrogen) atoms. The SMILES string of the molecule is CC[C@H](C)[C@H](NC(=O)[C@H](CCC(=O)O)NC(=O)[C@H](CS)NC(=O)[C@@H](N)[C@@H](C)O)C(=O)N[C@@H](CS)C(=O)N[C@@H](C)C(=O)N[C@@H](Cc1ccc(O)cc1)C(=O)N[C@@H](C)C(=O)N[C@@H](C)C(=O)N[C@@H](CS)C(=O)N[C@H](C(=O)NCC(=O)N[C@@H](CS)C(=O)N[C@@H](CC(C)C)C(N)=O)[C@@H](C)O. The molecule has 1 rings (SSSR count). The van der Waals surface area contributed by atoms with Gasteiger partial charge in [-0.05, 0) is 77.0 Å². The Morgan fingerprint density at radius 3 is 1.27 bits per heavy atom. The van der Waals surface area contributed by atoms with Crippen molar-refractivity contribution in [2.24, 2.45) is 23.3 Å². The summed E-state index contributed by atoms with van der Waals surface area (Å²) in [7, 11) is 0. The molecule has 0 bridgehead atoms. The maximum atomic E-state index is 13.9. The Hall–Kier alpha value is -7.65. The van der Waals surface area contributed by atoms with Gasteiger partial charge in [0.1, 0.15) is 84.3 Å². The highest BCUT2D eigenvalue weighted by Gasteiger charge is 2.37. The Kier molecular flexibility index (Phi) is 38.4. The molecule has 534 valence electrons. The number of hydrogen-bond donors (Lipinski definition) is 23. The normalized spacial score (nSPS) is 16.2. The van der Waals surface area contributed by atoms with Crippen LogP contribution in [0.5, 0.6) is 5.75 Å². The summed E-state index contributed by atoms with van der Waals surface area (Å²) in [5, 5.41) is 70.5. The number of amides is 14. The van der Waals surface area contributed by atoms with E-state index in [0.717, 1.165) is 6.92 Å². The largest absolute Gasteiger partial charge is 0.508 e. The molecular weight excluding hydrogens is 1330 g/mol. The van der Waals surface area contributed by atoms with Crippen LogP contribution in [-0.4, -0.2) is 229 Å². The lowest BCUT2D eigenvalue weighted by atomic mass is 9.97. The minimum Gasteiger partial charge on any atom is -0.508 e. The van der Waals surface area contributed by atoms with Gasteiger partial charge >= 0.3 is 5.97 Å². The number of carbonyl (C=O) groups excluding carboxylic acids is 14. The molecule has 1 aromatic carbocycles. The lowest BCUT2D eigenvalue weighted by Gasteiger charge is -2.29. The number of aliphatic hydroxyl groups is 2. The first-order chi connectivity index (χ1) is 44.4. The molecule has 16 atom stereocenters. The van der Waals surface area contributed by atoms with Gasteiger partial charge < -0.3 is 101 Å². The summed E-state index contributed by atoms with van der Waals surface area (Å²) >= 11 is 16.5. The van der Waals surface area contributed by atoms with E-state index < -0.39 is 205 Å². The Labute approximate surface area is 571 Å². The van der Waals surface area contributed by atoms with Crippen molar-refractivity contribution in [1.29, 1.82) is 0 Å². The van der Waals surface area contributed by atoms with Crippen LogP contribution in [0, 0.1) is 11.8 Å². The first-order valence-electron chi connectivity index (χ1n) is 30.1. The minimum atomic E-state index is -1.71. The zero-order valence-corrected chi connectivity index (χ0v) is 57.6. The lowest BCUT2D eigenvalue weighted by Crippen LogP contribution is -2.61. The predicted molar refractivity (Wildman–Crippen MR) is 357 cm³/mol. The smallest absolute Gasteiger partial charge is 0.303 e. The van der Waals surface area contributed by atoms with Gasteiger partial charge in [0.15, 0.2) is 0 Å². The predicted octanol–water partition coefficient (Wildman–Crippen LogP) is -6.82. The number of primary amides is 1. The van der Waals surface area contributed by atoms with Gasteiger partial charge in [-0.1, -0.05) is 46.2 Å². The summed E-state index contributed by atoms with van der Waals surface area (Å²) in [5.74, 6) is -16.6. The maximum Gasteiger partial charge on any atom is 0.303 e. The van der Waals surface area contributed by atoms with E-state index >= 15 is 0 Å². The molecule has 0 radical (unpaired) electrons. The number of carbonyl (C=O) groups is 15. The van der Waals surface area contributed by atoms with Gasteiger partial charge in [0, 0.05) is 35.9 Å². The van der Waals surface area contributed by atoms with Crippen molar-refractivity contribution in [2.75, 3.05) is 29.6 Å². The van der Waals surface area contributed by atoms with Crippen LogP contribution in [0.4, 0.5) is 0 Å². The van der Waals surface area contributed by atoms with Crippen molar-refractivity contribution in [1.82, 2.24) is 69.1 Å². The number of nitrogens with two attached hydrogens (primary N) is 2. The third-order valence-corrected chi connectivity index (χ3v) is 15.8. The number of phenolic OH excluding ortho intramolecular Hbond substituents is 1. The van der Waals surface area contributed by atoms with Gasteiger partial charge in [-0.3, -0.25) is 71.9 Å². The van der Waals surface area contributed by atoms with Gasteiger partial charge in [-0.25, -0.2) is 0 Å². The fourth-order valence-electron chi connectivity index (χ4n) is 8.29. The highest BCUT2D eigenvalue weighted by molar-refractivity contribution is 7.80. The van der Waals surface area contributed by atoms with Crippen molar-refractivity contribution in [3.63, 3.8) is 0 Å². The molecule has 0 spiro atoms. The average Bonchev–Trinajstić information content (AvgIpc) is 0.959.